The van der Waals surface area contributed by atoms with Crippen molar-refractivity contribution in [2.75, 3.05) is 0 Å². The van der Waals surface area contributed by atoms with Crippen LogP contribution in [0.1, 0.15) is 34.6 Å². The molecule has 1 aliphatic carbocycles. The summed E-state index contributed by atoms with van der Waals surface area (Å²) in [5, 5.41) is 9.08. The van der Waals surface area contributed by atoms with Crippen LogP contribution in [0.25, 0.3) is 0 Å². The Hall–Kier alpha value is -1.03. The zero-order valence-corrected chi connectivity index (χ0v) is 8.45. The van der Waals surface area contributed by atoms with Crippen LogP contribution in [0.15, 0.2) is 22.3 Å². The summed E-state index contributed by atoms with van der Waals surface area (Å²) in [6.07, 6.45) is 0. The summed E-state index contributed by atoms with van der Waals surface area (Å²) in [6.45, 7) is 10.3. The Balaban J connectivity index is 3.38. The van der Waals surface area contributed by atoms with Gasteiger partial charge in [-0.15, -0.1) is 0 Å². The Morgan fingerprint density at radius 1 is 1.00 bits per heavy atom. The molecule has 0 N–H and O–H groups in total. The lowest BCUT2D eigenvalue weighted by atomic mass is 9.81. The maximum absolute atomic E-state index is 9.08. The molecule has 0 aromatic heterocycles. The standard InChI is InChI=1S/C11H15N/c1-7-8(2)10(4)11(5,6-12)9(7)3/h1-5H3. The number of allylic oxidation sites excluding steroid dienone is 4. The molecule has 12 heavy (non-hydrogen) atoms. The molecule has 0 unspecified atom stereocenters. The normalized spacial score (nSPS) is 21.7. The first-order valence-corrected chi connectivity index (χ1v) is 4.22. The van der Waals surface area contributed by atoms with Gasteiger partial charge in [0.05, 0.1) is 11.5 Å². The van der Waals surface area contributed by atoms with E-state index >= 15 is 0 Å². The van der Waals surface area contributed by atoms with E-state index in [1.807, 2.05) is 6.92 Å². The van der Waals surface area contributed by atoms with Gasteiger partial charge in [0.25, 0.3) is 0 Å². The zero-order valence-electron chi connectivity index (χ0n) is 8.45. The summed E-state index contributed by atoms with van der Waals surface area (Å²) in [5.74, 6) is 0. The topological polar surface area (TPSA) is 23.8 Å². The van der Waals surface area contributed by atoms with Crippen molar-refractivity contribution in [3.05, 3.63) is 22.3 Å². The average Bonchev–Trinajstić information content (AvgIpc) is 2.22. The second-order valence-corrected chi connectivity index (χ2v) is 3.74. The number of hydrogen-bond acceptors (Lipinski definition) is 1. The number of rotatable bonds is 0. The molecule has 0 fully saturated rings. The van der Waals surface area contributed by atoms with Crippen LogP contribution in [0.2, 0.25) is 0 Å². The van der Waals surface area contributed by atoms with Crippen molar-refractivity contribution in [3.63, 3.8) is 0 Å². The largest absolute Gasteiger partial charge is 0.197 e. The summed E-state index contributed by atoms with van der Waals surface area (Å²) in [5.41, 5.74) is 4.65. The fraction of sp³-hybridized carbons (Fsp3) is 0.545. The van der Waals surface area contributed by atoms with Crippen molar-refractivity contribution in [1.82, 2.24) is 0 Å². The second-order valence-electron chi connectivity index (χ2n) is 3.74. The van der Waals surface area contributed by atoms with Gasteiger partial charge in [-0.25, -0.2) is 0 Å². The van der Waals surface area contributed by atoms with Gasteiger partial charge in [-0.05, 0) is 56.9 Å². The molecule has 1 rings (SSSR count). The molecule has 0 aliphatic heterocycles. The van der Waals surface area contributed by atoms with Gasteiger partial charge in [-0.2, -0.15) is 5.26 Å². The summed E-state index contributed by atoms with van der Waals surface area (Å²) in [6, 6.07) is 2.38. The van der Waals surface area contributed by atoms with E-state index in [2.05, 4.69) is 33.8 Å². The molecule has 0 aromatic rings. The molecule has 0 spiro atoms. The van der Waals surface area contributed by atoms with Crippen LogP contribution in [0.4, 0.5) is 0 Å². The average molecular weight is 161 g/mol. The van der Waals surface area contributed by atoms with Gasteiger partial charge < -0.3 is 0 Å². The van der Waals surface area contributed by atoms with Crippen LogP contribution in [0.3, 0.4) is 0 Å². The lowest BCUT2D eigenvalue weighted by Gasteiger charge is -2.19. The van der Waals surface area contributed by atoms with Crippen molar-refractivity contribution in [1.29, 1.82) is 5.26 Å². The highest BCUT2D eigenvalue weighted by Gasteiger charge is 2.35. The van der Waals surface area contributed by atoms with E-state index in [1.165, 1.54) is 22.3 Å². The maximum Gasteiger partial charge on any atom is 0.0969 e. The number of hydrogen-bond donors (Lipinski definition) is 0. The fourth-order valence-corrected chi connectivity index (χ4v) is 1.76. The third kappa shape index (κ3) is 0.845. The van der Waals surface area contributed by atoms with Gasteiger partial charge in [0, 0.05) is 0 Å². The van der Waals surface area contributed by atoms with Gasteiger partial charge in [-0.1, -0.05) is 0 Å². The van der Waals surface area contributed by atoms with Gasteiger partial charge in [-0.3, -0.25) is 0 Å². The molecule has 1 aliphatic rings. The Kier molecular flexibility index (Phi) is 1.88. The Morgan fingerprint density at radius 2 is 1.33 bits per heavy atom. The first-order chi connectivity index (χ1) is 5.45. The molecule has 0 atom stereocenters. The third-order valence-electron chi connectivity index (χ3n) is 3.41. The minimum absolute atomic E-state index is 0.339. The minimum atomic E-state index is -0.339. The fourth-order valence-electron chi connectivity index (χ4n) is 1.76. The van der Waals surface area contributed by atoms with Gasteiger partial charge in [0.15, 0.2) is 0 Å². The van der Waals surface area contributed by atoms with Crippen LogP contribution in [-0.4, -0.2) is 0 Å². The van der Waals surface area contributed by atoms with E-state index in [0.29, 0.717) is 0 Å². The minimum Gasteiger partial charge on any atom is -0.197 e. The van der Waals surface area contributed by atoms with E-state index < -0.39 is 0 Å². The lowest BCUT2D eigenvalue weighted by Crippen LogP contribution is -2.13. The zero-order chi connectivity index (χ0) is 9.52. The van der Waals surface area contributed by atoms with Gasteiger partial charge in [0.2, 0.25) is 0 Å². The van der Waals surface area contributed by atoms with E-state index in [0.717, 1.165) is 0 Å². The predicted octanol–water partition coefficient (Wildman–Crippen LogP) is 3.20. The van der Waals surface area contributed by atoms with Gasteiger partial charge in [0.1, 0.15) is 0 Å². The first-order valence-electron chi connectivity index (χ1n) is 4.22. The molecule has 0 aromatic carbocycles. The molecule has 0 heterocycles. The van der Waals surface area contributed by atoms with E-state index in [-0.39, 0.29) is 5.41 Å². The highest BCUT2D eigenvalue weighted by atomic mass is 14.4. The summed E-state index contributed by atoms with van der Waals surface area (Å²) >= 11 is 0. The van der Waals surface area contributed by atoms with Crippen molar-refractivity contribution < 1.29 is 0 Å². The molecule has 0 saturated heterocycles. The molecule has 0 amide bonds. The van der Waals surface area contributed by atoms with Crippen LogP contribution in [0.5, 0.6) is 0 Å². The molecular formula is C11H15N. The molecule has 1 nitrogen and oxygen atoms in total. The molecule has 0 radical (unpaired) electrons. The highest BCUT2D eigenvalue weighted by molar-refractivity contribution is 5.53. The molecular weight excluding hydrogens is 146 g/mol. The SMILES string of the molecule is CC1=C(C)C(C)(C#N)C(C)=C1C. The molecule has 1 heteroatoms. The lowest BCUT2D eigenvalue weighted by molar-refractivity contribution is 0.642. The second kappa shape index (κ2) is 2.48. The summed E-state index contributed by atoms with van der Waals surface area (Å²) in [7, 11) is 0. The summed E-state index contributed by atoms with van der Waals surface area (Å²) < 4.78 is 0. The third-order valence-corrected chi connectivity index (χ3v) is 3.41. The molecule has 0 saturated carbocycles. The highest BCUT2D eigenvalue weighted by Crippen LogP contribution is 2.45. The van der Waals surface area contributed by atoms with E-state index in [9.17, 15) is 0 Å². The van der Waals surface area contributed by atoms with Crippen molar-refractivity contribution in [2.45, 2.75) is 34.6 Å². The molecule has 64 valence electrons. The smallest absolute Gasteiger partial charge is 0.0969 e. The Labute approximate surface area is 74.4 Å². The summed E-state index contributed by atoms with van der Waals surface area (Å²) in [4.78, 5) is 0. The quantitative estimate of drug-likeness (QED) is 0.535. The molecule has 0 bridgehead atoms. The van der Waals surface area contributed by atoms with Crippen molar-refractivity contribution >= 4 is 0 Å². The van der Waals surface area contributed by atoms with Gasteiger partial charge >= 0.3 is 0 Å². The maximum atomic E-state index is 9.08. The Bertz CT molecular complexity index is 299. The monoisotopic (exact) mass is 161 g/mol. The van der Waals surface area contributed by atoms with E-state index in [4.69, 9.17) is 5.26 Å². The van der Waals surface area contributed by atoms with Crippen LogP contribution >= 0.6 is 0 Å². The Morgan fingerprint density at radius 3 is 1.50 bits per heavy atom. The number of nitrogens with zero attached hydrogens (tertiary/aromatic N) is 1. The van der Waals surface area contributed by atoms with E-state index in [1.54, 1.807) is 0 Å². The van der Waals surface area contributed by atoms with Crippen molar-refractivity contribution in [3.8, 4) is 6.07 Å². The predicted molar refractivity (Wildman–Crippen MR) is 50.5 cm³/mol. The number of nitriles is 1. The van der Waals surface area contributed by atoms with Crippen LogP contribution in [-0.2, 0) is 0 Å². The van der Waals surface area contributed by atoms with Crippen LogP contribution < -0.4 is 0 Å². The first kappa shape index (κ1) is 9.06. The van der Waals surface area contributed by atoms with Crippen LogP contribution in [0, 0.1) is 16.7 Å². The van der Waals surface area contributed by atoms with Crippen molar-refractivity contribution in [2.24, 2.45) is 5.41 Å².